The van der Waals surface area contributed by atoms with Crippen molar-refractivity contribution in [3.05, 3.63) is 46.9 Å². The molecule has 3 rings (SSSR count). The average Bonchev–Trinajstić information content (AvgIpc) is 3.02. The number of nitrogens with zero attached hydrogens (tertiary/aromatic N) is 4. The van der Waals surface area contributed by atoms with Gasteiger partial charge >= 0.3 is 5.69 Å². The highest BCUT2D eigenvalue weighted by molar-refractivity contribution is 5.55. The number of rotatable bonds is 4. The maximum atomic E-state index is 11.1. The van der Waals surface area contributed by atoms with E-state index in [2.05, 4.69) is 15.4 Å². The summed E-state index contributed by atoms with van der Waals surface area (Å²) in [7, 11) is 0. The van der Waals surface area contributed by atoms with Gasteiger partial charge in [-0.05, 0) is 25.0 Å². The van der Waals surface area contributed by atoms with Gasteiger partial charge in [0.05, 0.1) is 17.0 Å². The van der Waals surface area contributed by atoms with E-state index in [0.29, 0.717) is 5.82 Å². The molecule has 7 nitrogen and oxygen atoms in total. The first-order valence-electron chi connectivity index (χ1n) is 7.11. The van der Waals surface area contributed by atoms with E-state index in [-0.39, 0.29) is 17.8 Å². The Morgan fingerprint density at radius 1 is 1.29 bits per heavy atom. The summed E-state index contributed by atoms with van der Waals surface area (Å²) in [5.41, 5.74) is 0.0160. The molecule has 7 heteroatoms. The van der Waals surface area contributed by atoms with Crippen molar-refractivity contribution in [2.45, 2.75) is 37.8 Å². The molecule has 2 aromatic rings. The van der Waals surface area contributed by atoms with Gasteiger partial charge in [0.2, 0.25) is 5.82 Å². The monoisotopic (exact) mass is 287 g/mol. The van der Waals surface area contributed by atoms with Crippen LogP contribution in [0.25, 0.3) is 0 Å². The fraction of sp³-hybridized carbons (Fsp3) is 0.429. The van der Waals surface area contributed by atoms with Crippen molar-refractivity contribution in [3.8, 4) is 0 Å². The summed E-state index contributed by atoms with van der Waals surface area (Å²) in [4.78, 5) is 14.8. The van der Waals surface area contributed by atoms with Crippen LogP contribution in [0, 0.1) is 10.1 Å². The second-order valence-electron chi connectivity index (χ2n) is 5.22. The Bertz CT molecular complexity index is 614. The van der Waals surface area contributed by atoms with E-state index in [4.69, 9.17) is 0 Å². The molecule has 1 aliphatic rings. The number of hydrogen-bond acceptors (Lipinski definition) is 5. The van der Waals surface area contributed by atoms with E-state index in [1.807, 2.05) is 16.9 Å². The molecule has 0 aromatic carbocycles. The van der Waals surface area contributed by atoms with Gasteiger partial charge < -0.3 is 5.32 Å². The lowest BCUT2D eigenvalue weighted by atomic mass is 9.90. The lowest BCUT2D eigenvalue weighted by Crippen LogP contribution is -2.35. The van der Waals surface area contributed by atoms with Crippen molar-refractivity contribution in [2.75, 3.05) is 5.32 Å². The zero-order valence-electron chi connectivity index (χ0n) is 11.6. The van der Waals surface area contributed by atoms with Crippen LogP contribution in [0.4, 0.5) is 11.5 Å². The van der Waals surface area contributed by atoms with E-state index in [0.717, 1.165) is 25.7 Å². The van der Waals surface area contributed by atoms with Crippen LogP contribution in [-0.2, 0) is 0 Å². The third kappa shape index (κ3) is 2.86. The first-order valence-corrected chi connectivity index (χ1v) is 7.11. The molecule has 1 N–H and O–H groups in total. The average molecular weight is 287 g/mol. The molecule has 0 radical (unpaired) electrons. The zero-order valence-corrected chi connectivity index (χ0v) is 11.6. The van der Waals surface area contributed by atoms with Crippen molar-refractivity contribution >= 4 is 11.5 Å². The quantitative estimate of drug-likeness (QED) is 0.690. The third-order valence-corrected chi connectivity index (χ3v) is 3.90. The summed E-state index contributed by atoms with van der Waals surface area (Å²) in [6, 6.07) is 5.26. The fourth-order valence-corrected chi connectivity index (χ4v) is 2.90. The topological polar surface area (TPSA) is 85.9 Å². The molecule has 0 unspecified atom stereocenters. The molecule has 0 saturated heterocycles. The lowest BCUT2D eigenvalue weighted by molar-refractivity contribution is -0.384. The molecule has 21 heavy (non-hydrogen) atoms. The molecule has 2 aromatic heterocycles. The molecule has 0 aliphatic heterocycles. The number of nitrogens with one attached hydrogen (secondary N) is 1. The normalized spacial score (nSPS) is 21.9. The Kier molecular flexibility index (Phi) is 3.81. The summed E-state index contributed by atoms with van der Waals surface area (Å²) < 4.78 is 1.94. The van der Waals surface area contributed by atoms with E-state index in [1.165, 1.54) is 6.07 Å². The summed E-state index contributed by atoms with van der Waals surface area (Å²) in [5.74, 6) is 0.339. The van der Waals surface area contributed by atoms with Crippen molar-refractivity contribution < 1.29 is 4.92 Å². The molecular weight excluding hydrogens is 270 g/mol. The zero-order chi connectivity index (χ0) is 14.7. The molecular formula is C14H17N5O2. The third-order valence-electron chi connectivity index (χ3n) is 3.90. The van der Waals surface area contributed by atoms with E-state index < -0.39 is 4.92 Å². The molecule has 0 bridgehead atoms. The predicted molar refractivity (Wildman–Crippen MR) is 78.0 cm³/mol. The van der Waals surface area contributed by atoms with Crippen molar-refractivity contribution in [1.82, 2.24) is 14.8 Å². The fourth-order valence-electron chi connectivity index (χ4n) is 2.90. The van der Waals surface area contributed by atoms with Crippen LogP contribution in [0.5, 0.6) is 0 Å². The molecule has 1 aliphatic carbocycles. The van der Waals surface area contributed by atoms with Gasteiger partial charge in [0.15, 0.2) is 0 Å². The second kappa shape index (κ2) is 5.90. The van der Waals surface area contributed by atoms with Crippen LogP contribution in [0.1, 0.15) is 31.7 Å². The van der Waals surface area contributed by atoms with Gasteiger partial charge in [0.1, 0.15) is 0 Å². The maximum Gasteiger partial charge on any atom is 0.311 e. The van der Waals surface area contributed by atoms with E-state index in [9.17, 15) is 10.1 Å². The van der Waals surface area contributed by atoms with Gasteiger partial charge in [-0.25, -0.2) is 4.98 Å². The van der Waals surface area contributed by atoms with Crippen LogP contribution < -0.4 is 5.32 Å². The minimum absolute atomic E-state index is 0.0160. The Morgan fingerprint density at radius 3 is 2.90 bits per heavy atom. The highest BCUT2D eigenvalue weighted by Crippen LogP contribution is 2.32. The Morgan fingerprint density at radius 2 is 2.14 bits per heavy atom. The Labute approximate surface area is 122 Å². The maximum absolute atomic E-state index is 11.1. The van der Waals surface area contributed by atoms with E-state index in [1.54, 1.807) is 18.5 Å². The van der Waals surface area contributed by atoms with Gasteiger partial charge in [-0.15, -0.1) is 0 Å². The van der Waals surface area contributed by atoms with E-state index >= 15 is 0 Å². The van der Waals surface area contributed by atoms with Gasteiger partial charge in [-0.1, -0.05) is 12.8 Å². The van der Waals surface area contributed by atoms with Crippen LogP contribution >= 0.6 is 0 Å². The van der Waals surface area contributed by atoms with Crippen molar-refractivity contribution in [1.29, 1.82) is 0 Å². The molecule has 0 amide bonds. The van der Waals surface area contributed by atoms with Crippen molar-refractivity contribution in [3.63, 3.8) is 0 Å². The van der Waals surface area contributed by atoms with Gasteiger partial charge in [0.25, 0.3) is 0 Å². The van der Waals surface area contributed by atoms with Crippen LogP contribution in [0.2, 0.25) is 0 Å². The second-order valence-corrected chi connectivity index (χ2v) is 5.22. The molecule has 2 heterocycles. The number of nitro groups is 1. The molecule has 0 spiro atoms. The number of aromatic nitrogens is 3. The van der Waals surface area contributed by atoms with Crippen LogP contribution in [0.15, 0.2) is 36.8 Å². The molecule has 1 fully saturated rings. The summed E-state index contributed by atoms with van der Waals surface area (Å²) in [6.07, 6.45) is 9.49. The standard InChI is InChI=1S/C14H17N5O2/c20-19(21)13-7-3-8-15-14(13)17-11-5-1-2-6-12(11)18-10-4-9-16-18/h3-4,7-12H,1-2,5-6H2,(H,15,17)/t11-,12-/m1/s1. The smallest absolute Gasteiger partial charge is 0.311 e. The highest BCUT2D eigenvalue weighted by atomic mass is 16.6. The number of anilines is 1. The van der Waals surface area contributed by atoms with Gasteiger partial charge in [-0.3, -0.25) is 14.8 Å². The Hall–Kier alpha value is -2.44. The number of hydrogen-bond donors (Lipinski definition) is 1. The van der Waals surface area contributed by atoms with Crippen LogP contribution in [-0.4, -0.2) is 25.7 Å². The summed E-state index contributed by atoms with van der Waals surface area (Å²) in [5, 5.41) is 18.6. The molecule has 110 valence electrons. The SMILES string of the molecule is O=[N+]([O-])c1cccnc1N[C@@H]1CCCC[C@H]1n1cccn1. The highest BCUT2D eigenvalue weighted by Gasteiger charge is 2.29. The first kappa shape index (κ1) is 13.5. The predicted octanol–water partition coefficient (Wildman–Crippen LogP) is 2.78. The minimum atomic E-state index is -0.402. The van der Waals surface area contributed by atoms with Gasteiger partial charge in [-0.2, -0.15) is 5.10 Å². The Balaban J connectivity index is 1.84. The summed E-state index contributed by atoms with van der Waals surface area (Å²) in [6.45, 7) is 0. The van der Waals surface area contributed by atoms with Crippen LogP contribution in [0.3, 0.4) is 0 Å². The first-order chi connectivity index (χ1) is 10.3. The van der Waals surface area contributed by atoms with Crippen molar-refractivity contribution in [2.24, 2.45) is 0 Å². The molecule has 2 atom stereocenters. The minimum Gasteiger partial charge on any atom is -0.359 e. The number of pyridine rings is 1. The van der Waals surface area contributed by atoms with Gasteiger partial charge in [0, 0.05) is 24.7 Å². The molecule has 1 saturated carbocycles. The summed E-state index contributed by atoms with van der Waals surface area (Å²) >= 11 is 0. The largest absolute Gasteiger partial charge is 0.359 e. The lowest BCUT2D eigenvalue weighted by Gasteiger charge is -2.32.